The Hall–Kier alpha value is -4.35. The maximum Gasteiger partial charge on any atom is 0.277 e. The Bertz CT molecular complexity index is 1570. The number of halogens is 2. The molecule has 0 radical (unpaired) electrons. The van der Waals surface area contributed by atoms with E-state index in [2.05, 4.69) is 15.6 Å². The standard InChI is InChI=1S/C31H36F2N6O4/c1-18(2)23-16-37(31(43)27-28(33)39-19(3)7-4-10-25(39)36-27)17-26(40)34-13-5-8-20-11-12-22(32)21(15-20)30(42)38-14-6-9-24(38)29(41)35-23/h4,7,10-12,15,18,23-24H,5-6,8-9,13-14,16-17H2,1-3H3,(H,34,40)(H,35,41)/t23-,24-/m0/s1. The van der Waals surface area contributed by atoms with E-state index in [9.17, 15) is 23.6 Å². The molecular weight excluding hydrogens is 558 g/mol. The quantitative estimate of drug-likeness (QED) is 0.474. The van der Waals surface area contributed by atoms with Crippen LogP contribution in [0.3, 0.4) is 0 Å². The molecule has 4 amide bonds. The molecule has 2 bridgehead atoms. The van der Waals surface area contributed by atoms with Gasteiger partial charge in [-0.05, 0) is 68.4 Å². The van der Waals surface area contributed by atoms with Crippen LogP contribution in [0.1, 0.15) is 65.2 Å². The lowest BCUT2D eigenvalue weighted by molar-refractivity contribution is -0.126. The second kappa shape index (κ2) is 12.5. The molecule has 1 saturated heterocycles. The summed E-state index contributed by atoms with van der Waals surface area (Å²) in [5, 5.41) is 5.74. The van der Waals surface area contributed by atoms with Crippen LogP contribution in [-0.4, -0.2) is 81.1 Å². The van der Waals surface area contributed by atoms with Crippen LogP contribution in [0.25, 0.3) is 5.65 Å². The summed E-state index contributed by atoms with van der Waals surface area (Å²) in [6.07, 6.45) is 1.95. The maximum absolute atomic E-state index is 15.5. The Morgan fingerprint density at radius 1 is 1.09 bits per heavy atom. The molecule has 1 aromatic carbocycles. The molecule has 0 spiro atoms. The average Bonchev–Trinajstić information content (AvgIpc) is 3.59. The molecule has 5 rings (SSSR count). The summed E-state index contributed by atoms with van der Waals surface area (Å²) >= 11 is 0. The van der Waals surface area contributed by atoms with Crippen molar-refractivity contribution in [1.82, 2.24) is 29.8 Å². The molecule has 2 aliphatic heterocycles. The van der Waals surface area contributed by atoms with Crippen LogP contribution in [-0.2, 0) is 16.0 Å². The molecule has 2 N–H and O–H groups in total. The Morgan fingerprint density at radius 2 is 1.88 bits per heavy atom. The van der Waals surface area contributed by atoms with E-state index >= 15 is 4.39 Å². The van der Waals surface area contributed by atoms with Gasteiger partial charge in [-0.2, -0.15) is 4.39 Å². The third-order valence-corrected chi connectivity index (χ3v) is 8.20. The smallest absolute Gasteiger partial charge is 0.277 e. The molecule has 4 heterocycles. The Labute approximate surface area is 248 Å². The van der Waals surface area contributed by atoms with Crippen molar-refractivity contribution >= 4 is 29.3 Å². The lowest BCUT2D eigenvalue weighted by Crippen LogP contribution is -2.55. The number of hydrogen-bond donors (Lipinski definition) is 2. The molecule has 1 fully saturated rings. The predicted molar refractivity (Wildman–Crippen MR) is 154 cm³/mol. The van der Waals surface area contributed by atoms with Crippen LogP contribution in [0.2, 0.25) is 0 Å². The number of pyridine rings is 1. The first-order valence-corrected chi connectivity index (χ1v) is 14.6. The van der Waals surface area contributed by atoms with Crippen LogP contribution >= 0.6 is 0 Å². The summed E-state index contributed by atoms with van der Waals surface area (Å²) in [5.41, 5.74) is 1.02. The van der Waals surface area contributed by atoms with Gasteiger partial charge in [0.15, 0.2) is 5.69 Å². The summed E-state index contributed by atoms with van der Waals surface area (Å²) in [5.74, 6) is -3.91. The van der Waals surface area contributed by atoms with Gasteiger partial charge >= 0.3 is 0 Å². The fourth-order valence-electron chi connectivity index (χ4n) is 5.74. The zero-order valence-electron chi connectivity index (χ0n) is 24.5. The summed E-state index contributed by atoms with van der Waals surface area (Å²) < 4.78 is 31.5. The highest BCUT2D eigenvalue weighted by Gasteiger charge is 2.37. The molecule has 228 valence electrons. The van der Waals surface area contributed by atoms with Crippen LogP contribution in [0, 0.1) is 24.6 Å². The van der Waals surface area contributed by atoms with Crippen molar-refractivity contribution in [2.75, 3.05) is 26.2 Å². The maximum atomic E-state index is 15.5. The number of nitrogens with zero attached hydrogens (tertiary/aromatic N) is 4. The zero-order chi connectivity index (χ0) is 30.8. The van der Waals surface area contributed by atoms with E-state index in [0.717, 1.165) is 5.56 Å². The van der Waals surface area contributed by atoms with Crippen molar-refractivity contribution in [3.63, 3.8) is 0 Å². The van der Waals surface area contributed by atoms with Gasteiger partial charge in [-0.25, -0.2) is 9.37 Å². The highest BCUT2D eigenvalue weighted by molar-refractivity contribution is 5.98. The highest BCUT2D eigenvalue weighted by Crippen LogP contribution is 2.24. The lowest BCUT2D eigenvalue weighted by atomic mass is 10.0. The van der Waals surface area contributed by atoms with E-state index < -0.39 is 53.2 Å². The SMILES string of the molecule is Cc1cccc2nc(C(=O)N3CC(=O)NCCCc4ccc(F)c(c4)C(=O)N4CCC[C@H]4C(=O)N[C@H](C(C)C)C3)c(F)n12. The number of fused-ring (bicyclic) bond motifs is 4. The van der Waals surface area contributed by atoms with Gasteiger partial charge in [-0.1, -0.05) is 26.0 Å². The molecule has 0 unspecified atom stereocenters. The molecule has 2 aliphatic rings. The van der Waals surface area contributed by atoms with Crippen molar-refractivity contribution in [1.29, 1.82) is 0 Å². The summed E-state index contributed by atoms with van der Waals surface area (Å²) in [6.45, 7) is 5.49. The van der Waals surface area contributed by atoms with E-state index in [1.54, 1.807) is 31.2 Å². The van der Waals surface area contributed by atoms with Crippen LogP contribution in [0.4, 0.5) is 8.78 Å². The van der Waals surface area contributed by atoms with Gasteiger partial charge in [0.25, 0.3) is 11.8 Å². The van der Waals surface area contributed by atoms with Crippen molar-refractivity contribution < 1.29 is 28.0 Å². The topological polar surface area (TPSA) is 116 Å². The number of carbonyl (C=O) groups excluding carboxylic acids is 4. The van der Waals surface area contributed by atoms with Crippen LogP contribution in [0.5, 0.6) is 0 Å². The van der Waals surface area contributed by atoms with Gasteiger partial charge < -0.3 is 20.4 Å². The Balaban J connectivity index is 1.48. The average molecular weight is 595 g/mol. The number of hydrogen-bond acceptors (Lipinski definition) is 5. The number of carbonyl (C=O) groups is 4. The van der Waals surface area contributed by atoms with Crippen molar-refractivity contribution in [2.24, 2.45) is 5.92 Å². The first kappa shape index (κ1) is 30.1. The van der Waals surface area contributed by atoms with Gasteiger partial charge in [0, 0.05) is 31.4 Å². The molecule has 3 aromatic rings. The third kappa shape index (κ3) is 6.23. The predicted octanol–water partition coefficient (Wildman–Crippen LogP) is 2.87. The van der Waals surface area contributed by atoms with E-state index in [-0.39, 0.29) is 36.8 Å². The van der Waals surface area contributed by atoms with Gasteiger partial charge in [-0.15, -0.1) is 0 Å². The first-order valence-electron chi connectivity index (χ1n) is 14.6. The van der Waals surface area contributed by atoms with E-state index in [1.165, 1.54) is 26.3 Å². The number of amides is 4. The van der Waals surface area contributed by atoms with Gasteiger partial charge in [0.1, 0.15) is 17.5 Å². The molecular formula is C31H36F2N6O4. The van der Waals surface area contributed by atoms with E-state index in [4.69, 9.17) is 0 Å². The van der Waals surface area contributed by atoms with Gasteiger partial charge in [0.05, 0.1) is 12.1 Å². The highest BCUT2D eigenvalue weighted by atomic mass is 19.1. The van der Waals surface area contributed by atoms with Crippen molar-refractivity contribution in [3.05, 3.63) is 70.7 Å². The fraction of sp³-hybridized carbons (Fsp3) is 0.452. The lowest BCUT2D eigenvalue weighted by Gasteiger charge is -2.32. The zero-order valence-corrected chi connectivity index (χ0v) is 24.5. The minimum absolute atomic E-state index is 0.0903. The van der Waals surface area contributed by atoms with Crippen LogP contribution in [0.15, 0.2) is 36.4 Å². The van der Waals surface area contributed by atoms with E-state index in [1.807, 2.05) is 13.8 Å². The number of imidazole rings is 1. The Kier molecular flexibility index (Phi) is 8.74. The molecule has 10 nitrogen and oxygen atoms in total. The number of aryl methyl sites for hydroxylation is 2. The summed E-state index contributed by atoms with van der Waals surface area (Å²) in [6, 6.07) is 7.88. The van der Waals surface area contributed by atoms with Crippen LogP contribution < -0.4 is 10.6 Å². The normalized spacial score (nSPS) is 20.7. The largest absolute Gasteiger partial charge is 0.355 e. The number of nitrogens with one attached hydrogen (secondary N) is 2. The fourth-order valence-corrected chi connectivity index (χ4v) is 5.74. The number of rotatable bonds is 2. The van der Waals surface area contributed by atoms with E-state index in [0.29, 0.717) is 37.9 Å². The second-order valence-electron chi connectivity index (χ2n) is 11.6. The van der Waals surface area contributed by atoms with Crippen molar-refractivity contribution in [2.45, 2.75) is 58.5 Å². The summed E-state index contributed by atoms with van der Waals surface area (Å²) in [7, 11) is 0. The second-order valence-corrected chi connectivity index (χ2v) is 11.6. The molecule has 2 aromatic heterocycles. The molecule has 2 atom stereocenters. The molecule has 0 saturated carbocycles. The van der Waals surface area contributed by atoms with Crippen molar-refractivity contribution in [3.8, 4) is 0 Å². The number of benzene rings is 1. The monoisotopic (exact) mass is 594 g/mol. The molecule has 43 heavy (non-hydrogen) atoms. The first-order chi connectivity index (χ1) is 20.5. The summed E-state index contributed by atoms with van der Waals surface area (Å²) in [4.78, 5) is 60.6. The molecule has 12 heteroatoms. The number of aromatic nitrogens is 2. The minimum Gasteiger partial charge on any atom is -0.355 e. The third-order valence-electron chi connectivity index (χ3n) is 8.20. The van der Waals surface area contributed by atoms with Gasteiger partial charge in [-0.3, -0.25) is 23.6 Å². The van der Waals surface area contributed by atoms with Gasteiger partial charge in [0.2, 0.25) is 17.8 Å². The Morgan fingerprint density at radius 3 is 2.63 bits per heavy atom. The minimum atomic E-state index is -0.832. The molecule has 0 aliphatic carbocycles.